The van der Waals surface area contributed by atoms with E-state index in [2.05, 4.69) is 0 Å². The van der Waals surface area contributed by atoms with Crippen LogP contribution in [0.25, 0.3) is 6.08 Å². The lowest BCUT2D eigenvalue weighted by atomic mass is 9.81. The Hall–Kier alpha value is -3.41. The summed E-state index contributed by atoms with van der Waals surface area (Å²) < 4.78 is 11.1. The number of fused-ring (bicyclic) bond motifs is 1. The molecule has 4 rings (SSSR count). The van der Waals surface area contributed by atoms with E-state index in [9.17, 15) is 14.4 Å². The topological polar surface area (TPSA) is 72.9 Å². The molecule has 2 aromatic rings. The summed E-state index contributed by atoms with van der Waals surface area (Å²) in [6.45, 7) is 5.08. The molecular weight excluding hydrogens is 406 g/mol. The Labute approximate surface area is 187 Å². The molecular formula is C26H27NO5. The van der Waals surface area contributed by atoms with E-state index >= 15 is 0 Å². The normalized spacial score (nSPS) is 17.2. The molecule has 0 aliphatic carbocycles. The number of benzene rings is 2. The van der Waals surface area contributed by atoms with Crippen LogP contribution in [0.4, 0.5) is 0 Å². The second-order valence-corrected chi connectivity index (χ2v) is 8.54. The lowest BCUT2D eigenvalue weighted by Gasteiger charge is -2.44. The monoisotopic (exact) mass is 433 g/mol. The van der Waals surface area contributed by atoms with Gasteiger partial charge < -0.3 is 14.4 Å². The first-order chi connectivity index (χ1) is 15.3. The van der Waals surface area contributed by atoms with Gasteiger partial charge in [-0.05, 0) is 54.8 Å². The van der Waals surface area contributed by atoms with Crippen molar-refractivity contribution in [1.82, 2.24) is 4.90 Å². The van der Waals surface area contributed by atoms with Crippen LogP contribution in [0.5, 0.6) is 5.75 Å². The molecule has 1 amide bonds. The fourth-order valence-electron chi connectivity index (χ4n) is 4.32. The molecule has 0 unspecified atom stereocenters. The Balaban J connectivity index is 1.40. The Morgan fingerprint density at radius 2 is 1.75 bits per heavy atom. The summed E-state index contributed by atoms with van der Waals surface area (Å²) in [5.74, 6) is 0.349. The van der Waals surface area contributed by atoms with Crippen LogP contribution in [-0.2, 0) is 9.53 Å². The number of carbonyl (C=O) groups excluding carboxylic acids is 3. The molecule has 166 valence electrons. The minimum atomic E-state index is -0.535. The van der Waals surface area contributed by atoms with E-state index in [4.69, 9.17) is 9.47 Å². The SMILES string of the molecule is COC(=O)c1ccc(/C=C/C(=O)N2CCC3(CC2)CC(=O)c2ccc(C)c(C)c2O3)cc1. The number of carbonyl (C=O) groups is 3. The number of rotatable bonds is 3. The average Bonchev–Trinajstić information content (AvgIpc) is 2.80. The zero-order valence-corrected chi connectivity index (χ0v) is 18.6. The fourth-order valence-corrected chi connectivity index (χ4v) is 4.32. The number of amides is 1. The molecule has 0 bridgehead atoms. The first-order valence-corrected chi connectivity index (χ1v) is 10.8. The number of likely N-dealkylation sites (tertiary alicyclic amines) is 1. The molecule has 2 aliphatic rings. The minimum absolute atomic E-state index is 0.0774. The molecule has 6 heteroatoms. The first-order valence-electron chi connectivity index (χ1n) is 10.8. The molecule has 2 aliphatic heterocycles. The van der Waals surface area contributed by atoms with Crippen LogP contribution in [0, 0.1) is 13.8 Å². The summed E-state index contributed by atoms with van der Waals surface area (Å²) in [5.41, 5.74) is 3.53. The fraction of sp³-hybridized carbons (Fsp3) is 0.346. The number of hydrogen-bond donors (Lipinski definition) is 0. The van der Waals surface area contributed by atoms with Gasteiger partial charge in [0.1, 0.15) is 11.4 Å². The van der Waals surface area contributed by atoms with Crippen molar-refractivity contribution >= 4 is 23.7 Å². The number of ether oxygens (including phenoxy) is 2. The molecule has 6 nitrogen and oxygen atoms in total. The van der Waals surface area contributed by atoms with E-state index in [-0.39, 0.29) is 11.7 Å². The van der Waals surface area contributed by atoms with Gasteiger partial charge in [0, 0.05) is 32.0 Å². The summed E-state index contributed by atoms with van der Waals surface area (Å²) >= 11 is 0. The third-order valence-electron chi connectivity index (χ3n) is 6.51. The lowest BCUT2D eigenvalue weighted by Crippen LogP contribution is -2.52. The van der Waals surface area contributed by atoms with Gasteiger partial charge in [0.25, 0.3) is 0 Å². The van der Waals surface area contributed by atoms with Crippen LogP contribution in [0.2, 0.25) is 0 Å². The van der Waals surface area contributed by atoms with E-state index in [1.54, 1.807) is 41.3 Å². The predicted octanol–water partition coefficient (Wildman–Crippen LogP) is 4.13. The van der Waals surface area contributed by atoms with Crippen molar-refractivity contribution in [2.24, 2.45) is 0 Å². The standard InChI is InChI=1S/C26H27NO5/c1-17-4-10-21-22(28)16-26(32-24(21)18(17)2)12-14-27(15-13-26)23(29)11-7-19-5-8-20(9-6-19)25(30)31-3/h4-11H,12-16H2,1-3H3/b11-7+. The van der Waals surface area contributed by atoms with Crippen molar-refractivity contribution in [3.8, 4) is 5.75 Å². The maximum absolute atomic E-state index is 12.8. The van der Waals surface area contributed by atoms with E-state index in [0.29, 0.717) is 49.2 Å². The van der Waals surface area contributed by atoms with Gasteiger partial charge in [-0.15, -0.1) is 0 Å². The third kappa shape index (κ3) is 4.17. The highest BCUT2D eigenvalue weighted by Gasteiger charge is 2.44. The lowest BCUT2D eigenvalue weighted by molar-refractivity contribution is -0.129. The molecule has 2 heterocycles. The molecule has 1 fully saturated rings. The molecule has 0 aromatic heterocycles. The summed E-state index contributed by atoms with van der Waals surface area (Å²) in [5, 5.41) is 0. The van der Waals surface area contributed by atoms with Crippen LogP contribution in [0.3, 0.4) is 0 Å². The molecule has 0 N–H and O–H groups in total. The molecule has 1 saturated heterocycles. The van der Waals surface area contributed by atoms with Crippen molar-refractivity contribution in [2.45, 2.75) is 38.7 Å². The summed E-state index contributed by atoms with van der Waals surface area (Å²) in [6.07, 6.45) is 4.88. The van der Waals surface area contributed by atoms with Gasteiger partial charge in [0.05, 0.1) is 24.7 Å². The molecule has 0 atom stereocenters. The minimum Gasteiger partial charge on any atom is -0.486 e. The van der Waals surface area contributed by atoms with Gasteiger partial charge >= 0.3 is 5.97 Å². The van der Waals surface area contributed by atoms with E-state index in [1.807, 2.05) is 26.0 Å². The Morgan fingerprint density at radius 1 is 1.06 bits per heavy atom. The predicted molar refractivity (Wildman–Crippen MR) is 121 cm³/mol. The second-order valence-electron chi connectivity index (χ2n) is 8.54. The van der Waals surface area contributed by atoms with Crippen molar-refractivity contribution in [3.63, 3.8) is 0 Å². The Morgan fingerprint density at radius 3 is 2.41 bits per heavy atom. The number of nitrogens with zero attached hydrogens (tertiary/aromatic N) is 1. The van der Waals surface area contributed by atoms with Gasteiger partial charge in [-0.2, -0.15) is 0 Å². The number of aryl methyl sites for hydroxylation is 1. The van der Waals surface area contributed by atoms with Crippen LogP contribution in [0.1, 0.15) is 56.7 Å². The number of hydrogen-bond acceptors (Lipinski definition) is 5. The maximum Gasteiger partial charge on any atom is 0.337 e. The number of esters is 1. The van der Waals surface area contributed by atoms with Crippen LogP contribution < -0.4 is 4.74 Å². The van der Waals surface area contributed by atoms with Gasteiger partial charge in [-0.3, -0.25) is 9.59 Å². The number of ketones is 1. The molecule has 32 heavy (non-hydrogen) atoms. The number of methoxy groups -OCH3 is 1. The van der Waals surface area contributed by atoms with Gasteiger partial charge in [0.15, 0.2) is 5.78 Å². The summed E-state index contributed by atoms with van der Waals surface area (Å²) in [4.78, 5) is 38.8. The van der Waals surface area contributed by atoms with Crippen molar-refractivity contribution in [2.75, 3.05) is 20.2 Å². The Bertz CT molecular complexity index is 1090. The molecule has 0 saturated carbocycles. The summed E-state index contributed by atoms with van der Waals surface area (Å²) in [6, 6.07) is 10.7. The highest BCUT2D eigenvalue weighted by Crippen LogP contribution is 2.41. The average molecular weight is 434 g/mol. The quantitative estimate of drug-likeness (QED) is 0.538. The summed E-state index contributed by atoms with van der Waals surface area (Å²) in [7, 11) is 1.34. The third-order valence-corrected chi connectivity index (χ3v) is 6.51. The highest BCUT2D eigenvalue weighted by molar-refractivity contribution is 6.01. The van der Waals surface area contributed by atoms with E-state index in [0.717, 1.165) is 16.7 Å². The van der Waals surface area contributed by atoms with E-state index in [1.165, 1.54) is 7.11 Å². The van der Waals surface area contributed by atoms with Crippen molar-refractivity contribution < 1.29 is 23.9 Å². The largest absolute Gasteiger partial charge is 0.486 e. The molecule has 2 aromatic carbocycles. The maximum atomic E-state index is 12.8. The Kier molecular flexibility index (Phi) is 5.87. The van der Waals surface area contributed by atoms with Crippen LogP contribution in [0.15, 0.2) is 42.5 Å². The van der Waals surface area contributed by atoms with E-state index < -0.39 is 11.6 Å². The molecule has 1 spiro atoms. The molecule has 0 radical (unpaired) electrons. The first kappa shape index (κ1) is 21.8. The second kappa shape index (κ2) is 8.61. The van der Waals surface area contributed by atoms with Gasteiger partial charge in [-0.1, -0.05) is 18.2 Å². The number of piperidine rings is 1. The van der Waals surface area contributed by atoms with Crippen molar-refractivity contribution in [1.29, 1.82) is 0 Å². The van der Waals surface area contributed by atoms with Gasteiger partial charge in [-0.25, -0.2) is 4.79 Å². The highest BCUT2D eigenvalue weighted by atomic mass is 16.5. The zero-order valence-electron chi connectivity index (χ0n) is 18.6. The zero-order chi connectivity index (χ0) is 22.9. The number of Topliss-reactive ketones (excluding diaryl/α,β-unsaturated/α-hetero) is 1. The van der Waals surface area contributed by atoms with Crippen molar-refractivity contribution in [3.05, 3.63) is 70.3 Å². The smallest absolute Gasteiger partial charge is 0.337 e. The van der Waals surface area contributed by atoms with Crippen LogP contribution >= 0.6 is 0 Å². The van der Waals surface area contributed by atoms with Crippen LogP contribution in [-0.4, -0.2) is 48.4 Å². The van der Waals surface area contributed by atoms with Gasteiger partial charge in [0.2, 0.25) is 5.91 Å².